The van der Waals surface area contributed by atoms with Gasteiger partial charge in [0.15, 0.2) is 6.10 Å². The third kappa shape index (κ3) is 66.2. The van der Waals surface area contributed by atoms with Crippen LogP contribution in [-0.4, -0.2) is 37.2 Å². The number of unbranched alkanes of at least 4 members (excludes halogenated alkanes) is 28. The number of carbonyl (C=O) groups excluding carboxylic acids is 3. The monoisotopic (exact) mass is 1120 g/mol. The van der Waals surface area contributed by atoms with Crippen molar-refractivity contribution >= 4 is 17.9 Å². The minimum Gasteiger partial charge on any atom is -0.462 e. The molecule has 0 aliphatic rings. The molecule has 1 atom stereocenters. The summed E-state index contributed by atoms with van der Waals surface area (Å²) in [6, 6.07) is 0. The topological polar surface area (TPSA) is 78.9 Å². The van der Waals surface area contributed by atoms with E-state index in [9.17, 15) is 14.4 Å². The zero-order valence-corrected chi connectivity index (χ0v) is 52.8. The summed E-state index contributed by atoms with van der Waals surface area (Å²) in [5, 5.41) is 0. The number of hydrogen-bond donors (Lipinski definition) is 0. The van der Waals surface area contributed by atoms with Gasteiger partial charge in [-0.15, -0.1) is 0 Å². The van der Waals surface area contributed by atoms with Crippen LogP contribution in [0.25, 0.3) is 0 Å². The summed E-state index contributed by atoms with van der Waals surface area (Å²) in [7, 11) is 0. The standard InChI is InChI=1S/C75H124O6/c1-4-7-10-13-16-19-22-25-28-30-32-34-36-37-39-40-42-44-47-50-53-56-59-62-65-68-74(77)80-71-72(70-79-73(76)67-64-61-58-55-52-49-46-27-24-21-18-15-12-9-6-3)81-75(78)69-66-63-60-57-54-51-48-45-43-41-38-35-33-31-29-26-23-20-17-14-11-8-5-2/h7,9-10,12,16,18-19,21,25,27-28,32,34,37,39,42,44,46,52,55,61,64,72H,4-6,8,11,13-15,17,20,22-24,26,29-31,33,35-36,38,40-41,43,45,47-51,53-54,56-60,62-63,65-71H2,1-3H3/b10-7-,12-9-,19-16-,21-18-,28-25-,34-32-,39-37-,44-42-,46-27-,55-52-,64-61-. The average molecular weight is 1120 g/mol. The molecule has 0 saturated carbocycles. The van der Waals surface area contributed by atoms with Crippen LogP contribution in [0.1, 0.15) is 303 Å². The van der Waals surface area contributed by atoms with Gasteiger partial charge in [-0.25, -0.2) is 0 Å². The molecule has 81 heavy (non-hydrogen) atoms. The van der Waals surface area contributed by atoms with Crippen LogP contribution in [-0.2, 0) is 28.6 Å². The molecule has 0 aliphatic heterocycles. The Hall–Kier alpha value is -4.45. The molecule has 1 unspecified atom stereocenters. The van der Waals surface area contributed by atoms with E-state index in [1.165, 1.54) is 141 Å². The van der Waals surface area contributed by atoms with Gasteiger partial charge in [-0.3, -0.25) is 14.4 Å². The highest BCUT2D eigenvalue weighted by molar-refractivity contribution is 5.72. The predicted molar refractivity (Wildman–Crippen MR) is 353 cm³/mol. The van der Waals surface area contributed by atoms with Crippen LogP contribution in [0.2, 0.25) is 0 Å². The minimum atomic E-state index is -0.829. The van der Waals surface area contributed by atoms with Crippen LogP contribution in [0.5, 0.6) is 0 Å². The molecular weight excluding hydrogens is 997 g/mol. The maximum atomic E-state index is 12.9. The Balaban J connectivity index is 4.44. The molecular formula is C75H124O6. The maximum Gasteiger partial charge on any atom is 0.309 e. The summed E-state index contributed by atoms with van der Waals surface area (Å²) in [5.74, 6) is -1.06. The average Bonchev–Trinajstić information content (AvgIpc) is 3.47. The van der Waals surface area contributed by atoms with Crippen molar-refractivity contribution in [3.8, 4) is 0 Å². The smallest absolute Gasteiger partial charge is 0.309 e. The normalized spacial score (nSPS) is 13.0. The molecule has 0 aromatic heterocycles. The number of esters is 3. The first kappa shape index (κ1) is 76.5. The van der Waals surface area contributed by atoms with Crippen LogP contribution in [0, 0.1) is 0 Å². The highest BCUT2D eigenvalue weighted by Gasteiger charge is 2.19. The fourth-order valence-electron chi connectivity index (χ4n) is 9.23. The first-order chi connectivity index (χ1) is 40.0. The fraction of sp³-hybridized carbons (Fsp3) is 0.667. The SMILES string of the molecule is CC/C=C\C/C=C\C/C=C\C/C=C\C/C=C\C/C=C\CCCCCCCCC(=O)OCC(COC(=O)C/C=C\C/C=C\C/C=C\C/C=C\C/C=C\CC)OC(=O)CCCCCCCCCCCCCCCCCCCCCCCCC. The lowest BCUT2D eigenvalue weighted by Gasteiger charge is -2.18. The third-order valence-corrected chi connectivity index (χ3v) is 14.2. The Morgan fingerprint density at radius 3 is 0.864 bits per heavy atom. The van der Waals surface area contributed by atoms with E-state index < -0.39 is 12.1 Å². The van der Waals surface area contributed by atoms with Gasteiger partial charge in [-0.1, -0.05) is 321 Å². The summed E-state index contributed by atoms with van der Waals surface area (Å²) in [4.78, 5) is 38.3. The molecule has 0 fully saturated rings. The van der Waals surface area contributed by atoms with Gasteiger partial charge in [-0.05, 0) is 96.3 Å². The molecule has 0 rings (SSSR count). The van der Waals surface area contributed by atoms with Gasteiger partial charge >= 0.3 is 17.9 Å². The summed E-state index contributed by atoms with van der Waals surface area (Å²) in [6.45, 7) is 6.34. The van der Waals surface area contributed by atoms with E-state index in [4.69, 9.17) is 14.2 Å². The summed E-state index contributed by atoms with van der Waals surface area (Å²) >= 11 is 0. The summed E-state index contributed by atoms with van der Waals surface area (Å²) < 4.78 is 16.8. The Kier molecular flexibility index (Phi) is 64.3. The lowest BCUT2D eigenvalue weighted by Crippen LogP contribution is -2.30. The van der Waals surface area contributed by atoms with Gasteiger partial charge in [0.1, 0.15) is 13.2 Å². The minimum absolute atomic E-state index is 0.118. The Bertz CT molecular complexity index is 1720. The van der Waals surface area contributed by atoms with Crippen LogP contribution in [0.15, 0.2) is 134 Å². The van der Waals surface area contributed by atoms with E-state index in [2.05, 4.69) is 142 Å². The van der Waals surface area contributed by atoms with Crippen LogP contribution < -0.4 is 0 Å². The number of hydrogen-bond acceptors (Lipinski definition) is 6. The molecule has 0 aromatic rings. The molecule has 0 radical (unpaired) electrons. The molecule has 6 heteroatoms. The first-order valence-electron chi connectivity index (χ1n) is 33.7. The van der Waals surface area contributed by atoms with Gasteiger partial charge < -0.3 is 14.2 Å². The van der Waals surface area contributed by atoms with Crippen LogP contribution in [0.3, 0.4) is 0 Å². The van der Waals surface area contributed by atoms with Crippen molar-refractivity contribution in [3.63, 3.8) is 0 Å². The van der Waals surface area contributed by atoms with Gasteiger partial charge in [0.25, 0.3) is 0 Å². The number of allylic oxidation sites excluding steroid dienone is 21. The Morgan fingerprint density at radius 1 is 0.272 bits per heavy atom. The maximum absolute atomic E-state index is 12.9. The second-order valence-electron chi connectivity index (χ2n) is 22.0. The highest BCUT2D eigenvalue weighted by atomic mass is 16.6. The van der Waals surface area contributed by atoms with E-state index in [1.807, 2.05) is 6.08 Å². The molecule has 0 bridgehead atoms. The second kappa shape index (κ2) is 68.1. The molecule has 0 aliphatic carbocycles. The molecule has 0 spiro atoms. The van der Waals surface area contributed by atoms with Gasteiger partial charge in [-0.2, -0.15) is 0 Å². The van der Waals surface area contributed by atoms with Gasteiger partial charge in [0.05, 0.1) is 6.42 Å². The largest absolute Gasteiger partial charge is 0.462 e. The van der Waals surface area contributed by atoms with Crippen molar-refractivity contribution < 1.29 is 28.6 Å². The third-order valence-electron chi connectivity index (χ3n) is 14.2. The lowest BCUT2D eigenvalue weighted by atomic mass is 10.0. The van der Waals surface area contributed by atoms with E-state index in [1.54, 1.807) is 6.08 Å². The second-order valence-corrected chi connectivity index (χ2v) is 22.0. The van der Waals surface area contributed by atoms with Crippen molar-refractivity contribution in [3.05, 3.63) is 134 Å². The summed E-state index contributed by atoms with van der Waals surface area (Å²) in [5.41, 5.74) is 0. The van der Waals surface area contributed by atoms with E-state index >= 15 is 0 Å². The Morgan fingerprint density at radius 2 is 0.531 bits per heavy atom. The zero-order valence-electron chi connectivity index (χ0n) is 52.8. The lowest BCUT2D eigenvalue weighted by molar-refractivity contribution is -0.166. The van der Waals surface area contributed by atoms with Crippen molar-refractivity contribution in [2.45, 2.75) is 309 Å². The van der Waals surface area contributed by atoms with Gasteiger partial charge in [0, 0.05) is 12.8 Å². The number of carbonyl (C=O) groups is 3. The molecule has 0 saturated heterocycles. The summed E-state index contributed by atoms with van der Waals surface area (Å²) in [6.07, 6.45) is 96.4. The fourth-order valence-corrected chi connectivity index (χ4v) is 9.23. The van der Waals surface area contributed by atoms with Crippen LogP contribution >= 0.6 is 0 Å². The van der Waals surface area contributed by atoms with Crippen molar-refractivity contribution in [1.82, 2.24) is 0 Å². The molecule has 0 amide bonds. The Labute approximate surface area is 500 Å². The predicted octanol–water partition coefficient (Wildman–Crippen LogP) is 23.3. The van der Waals surface area contributed by atoms with Gasteiger partial charge in [0.2, 0.25) is 0 Å². The van der Waals surface area contributed by atoms with E-state index in [0.717, 1.165) is 122 Å². The van der Waals surface area contributed by atoms with E-state index in [0.29, 0.717) is 12.8 Å². The number of ether oxygens (including phenoxy) is 3. The highest BCUT2D eigenvalue weighted by Crippen LogP contribution is 2.17. The van der Waals surface area contributed by atoms with Crippen molar-refractivity contribution in [2.75, 3.05) is 13.2 Å². The quantitative estimate of drug-likeness (QED) is 0.0261. The van der Waals surface area contributed by atoms with Crippen molar-refractivity contribution in [1.29, 1.82) is 0 Å². The number of rotatable bonds is 60. The molecule has 0 N–H and O–H groups in total. The molecule has 0 aromatic carbocycles. The van der Waals surface area contributed by atoms with E-state index in [-0.39, 0.29) is 31.6 Å². The molecule has 460 valence electrons. The molecule has 6 nitrogen and oxygen atoms in total. The zero-order chi connectivity index (χ0) is 58.5. The van der Waals surface area contributed by atoms with Crippen molar-refractivity contribution in [2.24, 2.45) is 0 Å². The van der Waals surface area contributed by atoms with Crippen LogP contribution in [0.4, 0.5) is 0 Å². The molecule has 0 heterocycles. The first-order valence-corrected chi connectivity index (χ1v) is 33.7.